The van der Waals surface area contributed by atoms with E-state index in [2.05, 4.69) is 47.9 Å². The number of nitrogens with one attached hydrogen (secondary N) is 2. The van der Waals surface area contributed by atoms with Crippen LogP contribution in [0.2, 0.25) is 0 Å². The fraction of sp³-hybridized carbons (Fsp3) is 0.538. The van der Waals surface area contributed by atoms with Crippen molar-refractivity contribution in [3.63, 3.8) is 0 Å². The third-order valence-corrected chi connectivity index (χ3v) is 2.60. The monoisotopic (exact) mass is 206 g/mol. The summed E-state index contributed by atoms with van der Waals surface area (Å²) in [7, 11) is 2.00. The van der Waals surface area contributed by atoms with Crippen molar-refractivity contribution in [1.82, 2.24) is 10.6 Å². The Hall–Kier alpha value is -0.860. The maximum Gasteiger partial charge on any atom is 0.0291 e. The highest BCUT2D eigenvalue weighted by Crippen LogP contribution is 2.10. The summed E-state index contributed by atoms with van der Waals surface area (Å²) in [4.78, 5) is 0. The second-order valence-electron chi connectivity index (χ2n) is 3.90. The van der Waals surface area contributed by atoms with Crippen LogP contribution in [0.15, 0.2) is 30.3 Å². The minimum Gasteiger partial charge on any atom is -0.320 e. The lowest BCUT2D eigenvalue weighted by Crippen LogP contribution is -2.20. The summed E-state index contributed by atoms with van der Waals surface area (Å²) >= 11 is 0. The summed E-state index contributed by atoms with van der Waals surface area (Å²) in [5.41, 5.74) is 1.37. The molecular formula is C13H22N2. The van der Waals surface area contributed by atoms with Crippen molar-refractivity contribution >= 4 is 0 Å². The van der Waals surface area contributed by atoms with E-state index in [1.54, 1.807) is 0 Å². The molecule has 0 heterocycles. The van der Waals surface area contributed by atoms with Crippen molar-refractivity contribution in [2.24, 2.45) is 0 Å². The van der Waals surface area contributed by atoms with E-state index < -0.39 is 0 Å². The Morgan fingerprint density at radius 3 is 2.40 bits per heavy atom. The quantitative estimate of drug-likeness (QED) is 0.669. The van der Waals surface area contributed by atoms with Crippen molar-refractivity contribution < 1.29 is 0 Å². The van der Waals surface area contributed by atoms with E-state index in [0.29, 0.717) is 6.04 Å². The molecule has 1 aromatic rings. The molecule has 0 fully saturated rings. The first-order valence-corrected chi connectivity index (χ1v) is 5.77. The maximum atomic E-state index is 3.53. The van der Waals surface area contributed by atoms with Crippen LogP contribution in [-0.2, 0) is 0 Å². The van der Waals surface area contributed by atoms with Gasteiger partial charge in [-0.25, -0.2) is 0 Å². The van der Waals surface area contributed by atoms with Crippen LogP contribution in [-0.4, -0.2) is 20.1 Å². The summed E-state index contributed by atoms with van der Waals surface area (Å²) in [6.07, 6.45) is 2.48. The highest BCUT2D eigenvalue weighted by molar-refractivity contribution is 5.17. The van der Waals surface area contributed by atoms with Gasteiger partial charge < -0.3 is 10.6 Å². The zero-order valence-corrected chi connectivity index (χ0v) is 9.79. The number of unbranched alkanes of at least 4 members (excludes halogenated alkanes) is 1. The topological polar surface area (TPSA) is 24.1 Å². The molecule has 1 unspecified atom stereocenters. The number of benzene rings is 1. The summed E-state index contributed by atoms with van der Waals surface area (Å²) in [5.74, 6) is 0. The van der Waals surface area contributed by atoms with Crippen LogP contribution in [0.3, 0.4) is 0 Å². The highest BCUT2D eigenvalue weighted by atomic mass is 14.9. The largest absolute Gasteiger partial charge is 0.320 e. The molecule has 0 amide bonds. The van der Waals surface area contributed by atoms with Gasteiger partial charge in [0, 0.05) is 6.04 Å². The molecule has 0 aliphatic rings. The fourth-order valence-corrected chi connectivity index (χ4v) is 1.60. The molecule has 1 rings (SSSR count). The van der Waals surface area contributed by atoms with Gasteiger partial charge in [0.1, 0.15) is 0 Å². The molecule has 2 heteroatoms. The average Bonchev–Trinajstić information content (AvgIpc) is 2.30. The minimum atomic E-state index is 0.459. The molecule has 84 valence electrons. The summed E-state index contributed by atoms with van der Waals surface area (Å²) in [6.45, 7) is 4.42. The van der Waals surface area contributed by atoms with Crippen molar-refractivity contribution in [3.8, 4) is 0 Å². The Kier molecular flexibility index (Phi) is 6.05. The SMILES string of the molecule is CNCCCCNC(C)c1ccccc1. The summed E-state index contributed by atoms with van der Waals surface area (Å²) < 4.78 is 0. The Balaban J connectivity index is 2.16. The standard InChI is InChI=1S/C13H22N2/c1-12(13-8-4-3-5-9-13)15-11-7-6-10-14-2/h3-5,8-9,12,14-15H,6-7,10-11H2,1-2H3. The first kappa shape index (κ1) is 12.2. The van der Waals surface area contributed by atoms with Crippen LogP contribution in [0.4, 0.5) is 0 Å². The molecule has 1 atom stereocenters. The number of hydrogen-bond acceptors (Lipinski definition) is 2. The van der Waals surface area contributed by atoms with Gasteiger partial charge in [-0.1, -0.05) is 30.3 Å². The smallest absolute Gasteiger partial charge is 0.0291 e. The Morgan fingerprint density at radius 1 is 1.07 bits per heavy atom. The molecule has 0 spiro atoms. The van der Waals surface area contributed by atoms with Crippen molar-refractivity contribution in [2.45, 2.75) is 25.8 Å². The second-order valence-corrected chi connectivity index (χ2v) is 3.90. The Labute approximate surface area is 93.1 Å². The molecule has 2 N–H and O–H groups in total. The van der Waals surface area contributed by atoms with Gasteiger partial charge in [0.05, 0.1) is 0 Å². The normalized spacial score (nSPS) is 12.7. The van der Waals surface area contributed by atoms with Crippen molar-refractivity contribution in [3.05, 3.63) is 35.9 Å². The van der Waals surface area contributed by atoms with Crippen LogP contribution >= 0.6 is 0 Å². The van der Waals surface area contributed by atoms with Gasteiger partial charge in [-0.3, -0.25) is 0 Å². The Bertz CT molecular complexity index is 246. The second kappa shape index (κ2) is 7.43. The predicted molar refractivity (Wildman–Crippen MR) is 66.0 cm³/mol. The first-order valence-electron chi connectivity index (χ1n) is 5.77. The van der Waals surface area contributed by atoms with E-state index in [-0.39, 0.29) is 0 Å². The van der Waals surface area contributed by atoms with Gasteiger partial charge in [0.25, 0.3) is 0 Å². The summed E-state index contributed by atoms with van der Waals surface area (Å²) in [5, 5.41) is 6.69. The minimum absolute atomic E-state index is 0.459. The zero-order valence-electron chi connectivity index (χ0n) is 9.79. The summed E-state index contributed by atoms with van der Waals surface area (Å²) in [6, 6.07) is 11.0. The third-order valence-electron chi connectivity index (χ3n) is 2.60. The van der Waals surface area contributed by atoms with E-state index in [1.807, 2.05) is 7.05 Å². The van der Waals surface area contributed by atoms with E-state index >= 15 is 0 Å². The first-order chi connectivity index (χ1) is 7.34. The van der Waals surface area contributed by atoms with Crippen LogP contribution in [0.25, 0.3) is 0 Å². The average molecular weight is 206 g/mol. The molecule has 0 aliphatic carbocycles. The third kappa shape index (κ3) is 4.96. The number of rotatable bonds is 7. The lowest BCUT2D eigenvalue weighted by atomic mass is 10.1. The zero-order chi connectivity index (χ0) is 10.9. The van der Waals surface area contributed by atoms with Crippen LogP contribution in [0.1, 0.15) is 31.4 Å². The van der Waals surface area contributed by atoms with E-state index in [4.69, 9.17) is 0 Å². The maximum absolute atomic E-state index is 3.53. The van der Waals surface area contributed by atoms with Gasteiger partial charge in [-0.05, 0) is 45.5 Å². The van der Waals surface area contributed by atoms with Crippen molar-refractivity contribution in [2.75, 3.05) is 20.1 Å². The molecule has 0 aromatic heterocycles. The predicted octanol–water partition coefficient (Wildman–Crippen LogP) is 2.34. The lowest BCUT2D eigenvalue weighted by molar-refractivity contribution is 0.541. The van der Waals surface area contributed by atoms with E-state index in [0.717, 1.165) is 13.1 Å². The van der Waals surface area contributed by atoms with Crippen LogP contribution in [0.5, 0.6) is 0 Å². The van der Waals surface area contributed by atoms with Crippen molar-refractivity contribution in [1.29, 1.82) is 0 Å². The van der Waals surface area contributed by atoms with Crippen LogP contribution in [0, 0.1) is 0 Å². The molecule has 0 bridgehead atoms. The van der Waals surface area contributed by atoms with E-state index in [9.17, 15) is 0 Å². The van der Waals surface area contributed by atoms with Gasteiger partial charge >= 0.3 is 0 Å². The number of hydrogen-bond donors (Lipinski definition) is 2. The molecule has 0 aliphatic heterocycles. The molecule has 2 nitrogen and oxygen atoms in total. The lowest BCUT2D eigenvalue weighted by Gasteiger charge is -2.13. The fourth-order valence-electron chi connectivity index (χ4n) is 1.60. The molecule has 0 saturated heterocycles. The van der Waals surface area contributed by atoms with Gasteiger partial charge in [0.15, 0.2) is 0 Å². The Morgan fingerprint density at radius 2 is 1.73 bits per heavy atom. The molecule has 1 aromatic carbocycles. The molecule has 15 heavy (non-hydrogen) atoms. The van der Waals surface area contributed by atoms with Gasteiger partial charge in [0.2, 0.25) is 0 Å². The molecule has 0 radical (unpaired) electrons. The van der Waals surface area contributed by atoms with Gasteiger partial charge in [-0.15, -0.1) is 0 Å². The molecular weight excluding hydrogens is 184 g/mol. The highest BCUT2D eigenvalue weighted by Gasteiger charge is 2.01. The van der Waals surface area contributed by atoms with Crippen LogP contribution < -0.4 is 10.6 Å². The van der Waals surface area contributed by atoms with E-state index in [1.165, 1.54) is 18.4 Å². The van der Waals surface area contributed by atoms with Gasteiger partial charge in [-0.2, -0.15) is 0 Å². The molecule has 0 saturated carbocycles.